The van der Waals surface area contributed by atoms with Crippen LogP contribution in [-0.4, -0.2) is 41.7 Å². The normalized spacial score (nSPS) is 11.7. The average molecular weight is 282 g/mol. The van der Waals surface area contributed by atoms with E-state index in [1.54, 1.807) is 0 Å². The molecule has 0 aliphatic heterocycles. The van der Waals surface area contributed by atoms with Crippen molar-refractivity contribution >= 4 is 17.6 Å². The van der Waals surface area contributed by atoms with Gasteiger partial charge in [-0.05, 0) is 12.1 Å². The van der Waals surface area contributed by atoms with Crippen LogP contribution in [0.1, 0.15) is 16.8 Å². The summed E-state index contributed by atoms with van der Waals surface area (Å²) in [5, 5.41) is 21.6. The van der Waals surface area contributed by atoms with Crippen LogP contribution >= 0.6 is 0 Å². The Hall–Kier alpha value is -2.48. The van der Waals surface area contributed by atoms with E-state index in [-0.39, 0.29) is 24.2 Å². The van der Waals surface area contributed by atoms with E-state index in [0.29, 0.717) is 0 Å². The van der Waals surface area contributed by atoms with E-state index in [0.717, 1.165) is 0 Å². The zero-order valence-electron chi connectivity index (χ0n) is 10.7. The smallest absolute Gasteiger partial charge is 0.306 e. The lowest BCUT2D eigenvalue weighted by Gasteiger charge is -2.13. The third-order valence-electron chi connectivity index (χ3n) is 2.57. The van der Waals surface area contributed by atoms with Gasteiger partial charge in [-0.2, -0.15) is 0 Å². The number of carbonyl (C=O) groups excluding carboxylic acids is 1. The first-order chi connectivity index (χ1) is 9.43. The van der Waals surface area contributed by atoms with Gasteiger partial charge in [0.15, 0.2) is 0 Å². The Balaban J connectivity index is 2.57. The maximum absolute atomic E-state index is 11.7. The second-order valence-corrected chi connectivity index (χ2v) is 3.97. The minimum Gasteiger partial charge on any atom is -0.481 e. The molecule has 0 aliphatic carbocycles. The zero-order chi connectivity index (χ0) is 15.1. The number of benzene rings is 1. The lowest BCUT2D eigenvalue weighted by atomic mass is 10.2. The number of hydrogen-bond donors (Lipinski definition) is 2. The number of amides is 1. The number of aliphatic carboxylic acids is 1. The molecule has 1 atom stereocenters. The van der Waals surface area contributed by atoms with Crippen LogP contribution in [0.15, 0.2) is 24.3 Å². The molecule has 0 saturated carbocycles. The van der Waals surface area contributed by atoms with Gasteiger partial charge in [0.1, 0.15) is 0 Å². The van der Waals surface area contributed by atoms with Crippen molar-refractivity contribution < 1.29 is 24.4 Å². The van der Waals surface area contributed by atoms with Crippen LogP contribution in [0.3, 0.4) is 0 Å². The maximum atomic E-state index is 11.7. The van der Waals surface area contributed by atoms with Gasteiger partial charge in [-0.25, -0.2) is 0 Å². The molecule has 0 fully saturated rings. The molecule has 1 unspecified atom stereocenters. The molecule has 0 aliphatic rings. The number of carbonyl (C=O) groups is 2. The van der Waals surface area contributed by atoms with E-state index < -0.39 is 22.9 Å². The summed E-state index contributed by atoms with van der Waals surface area (Å²) in [7, 11) is 1.35. The van der Waals surface area contributed by atoms with Crippen molar-refractivity contribution in [1.82, 2.24) is 5.32 Å². The second-order valence-electron chi connectivity index (χ2n) is 3.97. The fraction of sp³-hybridized carbons (Fsp3) is 0.333. The summed E-state index contributed by atoms with van der Waals surface area (Å²) in [6.45, 7) is 0.0403. The number of methoxy groups -OCH3 is 1. The highest BCUT2D eigenvalue weighted by Gasteiger charge is 2.15. The molecule has 0 aromatic heterocycles. The molecule has 8 heteroatoms. The first-order valence-electron chi connectivity index (χ1n) is 5.71. The molecule has 1 aromatic rings. The number of nitro benzene ring substituents is 1. The molecule has 0 bridgehead atoms. The third-order valence-corrected chi connectivity index (χ3v) is 2.57. The fourth-order valence-corrected chi connectivity index (χ4v) is 1.48. The number of ether oxygens (including phenoxy) is 1. The zero-order valence-corrected chi connectivity index (χ0v) is 10.7. The highest BCUT2D eigenvalue weighted by atomic mass is 16.6. The van der Waals surface area contributed by atoms with Crippen LogP contribution in [0, 0.1) is 10.1 Å². The van der Waals surface area contributed by atoms with Crippen molar-refractivity contribution in [1.29, 1.82) is 0 Å². The summed E-state index contributed by atoms with van der Waals surface area (Å²) in [6, 6.07) is 5.10. The largest absolute Gasteiger partial charge is 0.481 e. The molecule has 0 spiro atoms. The Morgan fingerprint density at radius 3 is 2.45 bits per heavy atom. The second kappa shape index (κ2) is 7.19. The van der Waals surface area contributed by atoms with Crippen molar-refractivity contribution in [3.63, 3.8) is 0 Å². The Morgan fingerprint density at radius 2 is 2.00 bits per heavy atom. The number of hydrogen-bond acceptors (Lipinski definition) is 5. The van der Waals surface area contributed by atoms with Gasteiger partial charge >= 0.3 is 5.97 Å². The van der Waals surface area contributed by atoms with E-state index in [4.69, 9.17) is 9.84 Å². The molecule has 2 N–H and O–H groups in total. The van der Waals surface area contributed by atoms with Crippen molar-refractivity contribution in [3.05, 3.63) is 39.9 Å². The molecular weight excluding hydrogens is 268 g/mol. The highest BCUT2D eigenvalue weighted by Crippen LogP contribution is 2.11. The van der Waals surface area contributed by atoms with E-state index in [1.807, 2.05) is 0 Å². The molecule has 108 valence electrons. The van der Waals surface area contributed by atoms with Crippen LogP contribution in [0.4, 0.5) is 5.69 Å². The van der Waals surface area contributed by atoms with Crippen LogP contribution in [-0.2, 0) is 9.53 Å². The van der Waals surface area contributed by atoms with Crippen molar-refractivity contribution in [2.45, 2.75) is 12.5 Å². The van der Waals surface area contributed by atoms with Crippen molar-refractivity contribution in [2.24, 2.45) is 0 Å². The average Bonchev–Trinajstić information content (AvgIpc) is 2.42. The number of nitro groups is 1. The molecular formula is C12H14N2O6. The van der Waals surface area contributed by atoms with Gasteiger partial charge in [0.2, 0.25) is 0 Å². The van der Waals surface area contributed by atoms with Gasteiger partial charge in [-0.1, -0.05) is 0 Å². The summed E-state index contributed by atoms with van der Waals surface area (Å²) in [5.74, 6) is -1.48. The Bertz CT molecular complexity index is 499. The number of rotatable bonds is 7. The molecule has 0 heterocycles. The number of nitrogens with one attached hydrogen (secondary N) is 1. The van der Waals surface area contributed by atoms with Gasteiger partial charge in [-0.15, -0.1) is 0 Å². The lowest BCUT2D eigenvalue weighted by molar-refractivity contribution is -0.384. The van der Waals surface area contributed by atoms with Gasteiger partial charge in [0.05, 0.1) is 17.4 Å². The maximum Gasteiger partial charge on any atom is 0.306 e. The Kier molecular flexibility index (Phi) is 5.60. The monoisotopic (exact) mass is 282 g/mol. The lowest BCUT2D eigenvalue weighted by Crippen LogP contribution is -2.34. The van der Waals surface area contributed by atoms with Crippen LogP contribution in [0.25, 0.3) is 0 Å². The summed E-state index contributed by atoms with van der Waals surface area (Å²) < 4.78 is 4.91. The predicted molar refractivity (Wildman–Crippen MR) is 68.5 cm³/mol. The van der Waals surface area contributed by atoms with E-state index >= 15 is 0 Å². The minimum atomic E-state index is -1.03. The van der Waals surface area contributed by atoms with E-state index in [1.165, 1.54) is 31.4 Å². The van der Waals surface area contributed by atoms with Crippen LogP contribution < -0.4 is 5.32 Å². The van der Waals surface area contributed by atoms with Gasteiger partial charge in [0, 0.05) is 31.4 Å². The SMILES string of the molecule is COC(CNC(=O)c1ccc([N+](=O)[O-])cc1)CC(=O)O. The Morgan fingerprint density at radius 1 is 1.40 bits per heavy atom. The summed E-state index contributed by atoms with van der Waals surface area (Å²) in [6.07, 6.45) is -0.855. The number of non-ortho nitro benzene ring substituents is 1. The van der Waals surface area contributed by atoms with Crippen LogP contribution in [0.5, 0.6) is 0 Å². The molecule has 1 aromatic carbocycles. The molecule has 1 rings (SSSR count). The molecule has 8 nitrogen and oxygen atoms in total. The molecule has 0 saturated heterocycles. The summed E-state index contributed by atoms with van der Waals surface area (Å²) >= 11 is 0. The Labute approximate surface area is 114 Å². The predicted octanol–water partition coefficient (Wildman–Crippen LogP) is 0.814. The fourth-order valence-electron chi connectivity index (χ4n) is 1.48. The third kappa shape index (κ3) is 4.65. The first kappa shape index (κ1) is 15.6. The van der Waals surface area contributed by atoms with Crippen molar-refractivity contribution in [2.75, 3.05) is 13.7 Å². The number of nitrogens with zero attached hydrogens (tertiary/aromatic N) is 1. The van der Waals surface area contributed by atoms with Crippen molar-refractivity contribution in [3.8, 4) is 0 Å². The topological polar surface area (TPSA) is 119 Å². The molecule has 1 amide bonds. The first-order valence-corrected chi connectivity index (χ1v) is 5.71. The van der Waals surface area contributed by atoms with Crippen LogP contribution in [0.2, 0.25) is 0 Å². The summed E-state index contributed by atoms with van der Waals surface area (Å²) in [5.41, 5.74) is 0.142. The van der Waals surface area contributed by atoms with Gasteiger partial charge in [0.25, 0.3) is 11.6 Å². The standard InChI is InChI=1S/C12H14N2O6/c1-20-10(6-11(15)16)7-13-12(17)8-2-4-9(5-3-8)14(18)19/h2-5,10H,6-7H2,1H3,(H,13,17)(H,15,16). The number of carboxylic acid groups (broad SMARTS) is 1. The minimum absolute atomic E-state index is 0.0403. The molecule has 20 heavy (non-hydrogen) atoms. The van der Waals surface area contributed by atoms with E-state index in [2.05, 4.69) is 5.32 Å². The quantitative estimate of drug-likeness (QED) is 0.564. The van der Waals surface area contributed by atoms with E-state index in [9.17, 15) is 19.7 Å². The molecule has 0 radical (unpaired) electrons. The highest BCUT2D eigenvalue weighted by molar-refractivity contribution is 5.94. The van der Waals surface area contributed by atoms with Gasteiger partial charge in [-0.3, -0.25) is 19.7 Å². The number of carboxylic acids is 1. The summed E-state index contributed by atoms with van der Waals surface area (Å²) in [4.78, 5) is 32.2. The van der Waals surface area contributed by atoms with Gasteiger partial charge < -0.3 is 15.2 Å².